The van der Waals surface area contributed by atoms with Gasteiger partial charge in [0.15, 0.2) is 0 Å². The van der Waals surface area contributed by atoms with Gasteiger partial charge in [-0.05, 0) is 35.9 Å². The zero-order valence-corrected chi connectivity index (χ0v) is 15.6. The number of carbonyl (C=O) groups is 1. The number of nitrogens with one attached hydrogen (secondary N) is 2. The summed E-state index contributed by atoms with van der Waals surface area (Å²) in [6, 6.07) is 19.8. The second kappa shape index (κ2) is 9.16. The number of halogens is 1. The lowest BCUT2D eigenvalue weighted by atomic mass is 10.1. The Bertz CT molecular complexity index is 888. The first-order valence-electron chi connectivity index (χ1n) is 8.50. The average Bonchev–Trinajstić information content (AvgIpc) is 2.70. The largest absolute Gasteiger partial charge is 0.495 e. The van der Waals surface area contributed by atoms with Crippen molar-refractivity contribution in [3.8, 4) is 5.75 Å². The molecule has 0 unspecified atom stereocenters. The van der Waals surface area contributed by atoms with Gasteiger partial charge in [0, 0.05) is 18.4 Å². The molecule has 0 fully saturated rings. The van der Waals surface area contributed by atoms with E-state index in [4.69, 9.17) is 16.3 Å². The van der Waals surface area contributed by atoms with Gasteiger partial charge in [-0.25, -0.2) is 0 Å². The van der Waals surface area contributed by atoms with E-state index >= 15 is 0 Å². The van der Waals surface area contributed by atoms with Crippen molar-refractivity contribution in [3.63, 3.8) is 0 Å². The van der Waals surface area contributed by atoms with E-state index in [9.17, 15) is 4.79 Å². The molecule has 0 spiro atoms. The molecule has 3 rings (SSSR count). The van der Waals surface area contributed by atoms with Crippen LogP contribution in [0, 0.1) is 0 Å². The first-order valence-corrected chi connectivity index (χ1v) is 8.88. The SMILES string of the molecule is COc1ccc(NC(=O)[C@H](NCc2ccccn2)c2ccccc2)cc1Cl. The first kappa shape index (κ1) is 18.9. The van der Waals surface area contributed by atoms with Crippen molar-refractivity contribution in [2.75, 3.05) is 12.4 Å². The number of hydrogen-bond donors (Lipinski definition) is 2. The molecule has 0 aliphatic heterocycles. The molecule has 27 heavy (non-hydrogen) atoms. The molecule has 1 atom stereocenters. The number of methoxy groups -OCH3 is 1. The molecule has 6 heteroatoms. The predicted octanol–water partition coefficient (Wildman–Crippen LogP) is 4.21. The summed E-state index contributed by atoms with van der Waals surface area (Å²) >= 11 is 6.15. The lowest BCUT2D eigenvalue weighted by Gasteiger charge is -2.19. The number of amides is 1. The standard InChI is InChI=1S/C21H20ClN3O2/c1-27-19-11-10-16(13-18(19)22)25-21(26)20(15-7-3-2-4-8-15)24-14-17-9-5-6-12-23-17/h2-13,20,24H,14H2,1H3,(H,25,26)/t20-/m1/s1. The van der Waals surface area contributed by atoms with Gasteiger partial charge in [-0.2, -0.15) is 0 Å². The number of hydrogen-bond acceptors (Lipinski definition) is 4. The smallest absolute Gasteiger partial charge is 0.246 e. The van der Waals surface area contributed by atoms with Crippen LogP contribution in [0.4, 0.5) is 5.69 Å². The van der Waals surface area contributed by atoms with Crippen molar-refractivity contribution in [1.29, 1.82) is 0 Å². The zero-order chi connectivity index (χ0) is 19.1. The zero-order valence-electron chi connectivity index (χ0n) is 14.9. The highest BCUT2D eigenvalue weighted by atomic mass is 35.5. The van der Waals surface area contributed by atoms with Crippen LogP contribution in [0.3, 0.4) is 0 Å². The van der Waals surface area contributed by atoms with Crippen LogP contribution in [0.5, 0.6) is 5.75 Å². The second-order valence-electron chi connectivity index (χ2n) is 5.88. The molecular formula is C21H20ClN3O2. The summed E-state index contributed by atoms with van der Waals surface area (Å²) in [5, 5.41) is 6.62. The molecule has 0 aliphatic rings. The first-order chi connectivity index (χ1) is 13.2. The summed E-state index contributed by atoms with van der Waals surface area (Å²) < 4.78 is 5.15. The summed E-state index contributed by atoms with van der Waals surface area (Å²) in [6.45, 7) is 0.469. The fourth-order valence-electron chi connectivity index (χ4n) is 2.68. The van der Waals surface area contributed by atoms with E-state index < -0.39 is 6.04 Å². The summed E-state index contributed by atoms with van der Waals surface area (Å²) in [7, 11) is 1.55. The molecule has 2 aromatic carbocycles. The number of rotatable bonds is 7. The maximum absolute atomic E-state index is 12.9. The molecule has 1 aromatic heterocycles. The van der Waals surface area contributed by atoms with Gasteiger partial charge in [-0.3, -0.25) is 15.1 Å². The van der Waals surface area contributed by atoms with Gasteiger partial charge in [-0.15, -0.1) is 0 Å². The average molecular weight is 382 g/mol. The molecule has 1 amide bonds. The Labute approximate surface area is 163 Å². The summed E-state index contributed by atoms with van der Waals surface area (Å²) in [5.41, 5.74) is 2.33. The van der Waals surface area contributed by atoms with Gasteiger partial charge in [0.1, 0.15) is 11.8 Å². The highest BCUT2D eigenvalue weighted by Crippen LogP contribution is 2.27. The van der Waals surface area contributed by atoms with Crippen LogP contribution < -0.4 is 15.4 Å². The number of aromatic nitrogens is 1. The Kier molecular flexibility index (Phi) is 6.41. The van der Waals surface area contributed by atoms with Gasteiger partial charge in [0.2, 0.25) is 5.91 Å². The Morgan fingerprint density at radius 3 is 2.56 bits per heavy atom. The number of anilines is 1. The van der Waals surface area contributed by atoms with E-state index in [1.165, 1.54) is 0 Å². The summed E-state index contributed by atoms with van der Waals surface area (Å²) in [6.07, 6.45) is 1.73. The van der Waals surface area contributed by atoms with Crippen molar-refractivity contribution in [2.45, 2.75) is 12.6 Å². The molecule has 0 bridgehead atoms. The van der Waals surface area contributed by atoms with Crippen molar-refractivity contribution in [1.82, 2.24) is 10.3 Å². The fourth-order valence-corrected chi connectivity index (χ4v) is 2.93. The fraction of sp³-hybridized carbons (Fsp3) is 0.143. The Hall–Kier alpha value is -2.89. The van der Waals surface area contributed by atoms with Crippen molar-refractivity contribution >= 4 is 23.2 Å². The third kappa shape index (κ3) is 5.06. The van der Waals surface area contributed by atoms with Gasteiger partial charge < -0.3 is 10.1 Å². The molecule has 2 N–H and O–H groups in total. The Morgan fingerprint density at radius 2 is 1.89 bits per heavy atom. The van der Waals surface area contributed by atoms with Gasteiger partial charge in [-0.1, -0.05) is 48.0 Å². The highest BCUT2D eigenvalue weighted by molar-refractivity contribution is 6.32. The van der Waals surface area contributed by atoms with E-state index in [2.05, 4.69) is 15.6 Å². The minimum atomic E-state index is -0.533. The molecule has 0 aliphatic carbocycles. The lowest BCUT2D eigenvalue weighted by Crippen LogP contribution is -2.33. The molecule has 0 saturated heterocycles. The third-order valence-electron chi connectivity index (χ3n) is 4.03. The minimum Gasteiger partial charge on any atom is -0.495 e. The van der Waals surface area contributed by atoms with Gasteiger partial charge in [0.25, 0.3) is 0 Å². The Morgan fingerprint density at radius 1 is 1.11 bits per heavy atom. The molecule has 0 radical (unpaired) electrons. The van der Waals surface area contributed by atoms with Crippen LogP contribution in [-0.4, -0.2) is 18.0 Å². The van der Waals surface area contributed by atoms with Crippen molar-refractivity contribution < 1.29 is 9.53 Å². The van der Waals surface area contributed by atoms with Gasteiger partial charge in [0.05, 0.1) is 17.8 Å². The topological polar surface area (TPSA) is 63.2 Å². The number of nitrogens with zero attached hydrogens (tertiary/aromatic N) is 1. The van der Waals surface area contributed by atoms with E-state index in [0.717, 1.165) is 11.3 Å². The van der Waals surface area contributed by atoms with E-state index in [1.54, 1.807) is 31.5 Å². The molecule has 0 saturated carbocycles. The molecule has 5 nitrogen and oxygen atoms in total. The van der Waals surface area contributed by atoms with Crippen LogP contribution in [0.2, 0.25) is 5.02 Å². The number of carbonyl (C=O) groups excluding carboxylic acids is 1. The van der Waals surface area contributed by atoms with Crippen molar-refractivity contribution in [3.05, 3.63) is 89.2 Å². The maximum Gasteiger partial charge on any atom is 0.246 e. The summed E-state index contributed by atoms with van der Waals surface area (Å²) in [5.74, 6) is 0.376. The normalized spacial score (nSPS) is 11.6. The van der Waals surface area contributed by atoms with Crippen LogP contribution in [0.1, 0.15) is 17.3 Å². The lowest BCUT2D eigenvalue weighted by molar-refractivity contribution is -0.118. The van der Waals surface area contributed by atoms with Crippen LogP contribution in [0.15, 0.2) is 72.9 Å². The van der Waals surface area contributed by atoms with Crippen molar-refractivity contribution in [2.24, 2.45) is 0 Å². The monoisotopic (exact) mass is 381 g/mol. The number of benzene rings is 2. The van der Waals surface area contributed by atoms with Gasteiger partial charge >= 0.3 is 0 Å². The number of pyridine rings is 1. The quantitative estimate of drug-likeness (QED) is 0.643. The second-order valence-corrected chi connectivity index (χ2v) is 6.29. The Balaban J connectivity index is 1.77. The van der Waals surface area contributed by atoms with E-state index in [0.29, 0.717) is 23.0 Å². The third-order valence-corrected chi connectivity index (χ3v) is 4.32. The minimum absolute atomic E-state index is 0.182. The predicted molar refractivity (Wildman–Crippen MR) is 107 cm³/mol. The number of ether oxygens (including phenoxy) is 1. The van der Waals surface area contributed by atoms with Crippen LogP contribution in [0.25, 0.3) is 0 Å². The molecular weight excluding hydrogens is 362 g/mol. The van der Waals surface area contributed by atoms with E-state index in [1.807, 2.05) is 48.5 Å². The summed E-state index contributed by atoms with van der Waals surface area (Å²) in [4.78, 5) is 17.2. The molecule has 3 aromatic rings. The molecule has 1 heterocycles. The molecule has 138 valence electrons. The van der Waals surface area contributed by atoms with Crippen LogP contribution in [-0.2, 0) is 11.3 Å². The van der Waals surface area contributed by atoms with Crippen LogP contribution >= 0.6 is 11.6 Å². The van der Waals surface area contributed by atoms with E-state index in [-0.39, 0.29) is 5.91 Å². The maximum atomic E-state index is 12.9. The highest BCUT2D eigenvalue weighted by Gasteiger charge is 2.20.